The van der Waals surface area contributed by atoms with Crippen LogP contribution in [0.5, 0.6) is 0 Å². The van der Waals surface area contributed by atoms with Gasteiger partial charge in [-0.1, -0.05) is 39.5 Å². The van der Waals surface area contributed by atoms with Gasteiger partial charge in [0.2, 0.25) is 5.91 Å². The van der Waals surface area contributed by atoms with Gasteiger partial charge in [0.25, 0.3) is 0 Å². The van der Waals surface area contributed by atoms with Gasteiger partial charge >= 0.3 is 5.97 Å². The van der Waals surface area contributed by atoms with Crippen LogP contribution in [-0.2, 0) is 9.59 Å². The summed E-state index contributed by atoms with van der Waals surface area (Å²) < 4.78 is 0. The molecule has 2 N–H and O–H groups in total. The summed E-state index contributed by atoms with van der Waals surface area (Å²) >= 11 is 0. The molecule has 2 rings (SSSR count). The van der Waals surface area contributed by atoms with Gasteiger partial charge in [0.05, 0.1) is 11.8 Å². The number of aliphatic carboxylic acids is 1. The summed E-state index contributed by atoms with van der Waals surface area (Å²) in [6, 6.07) is 0. The number of amides is 1. The minimum absolute atomic E-state index is 0.0798. The molecule has 0 saturated heterocycles. The largest absolute Gasteiger partial charge is 0.481 e. The normalized spacial score (nSPS) is 29.2. The molecule has 2 aliphatic carbocycles. The molecule has 0 unspecified atom stereocenters. The molecule has 0 bridgehead atoms. The molecule has 0 aliphatic heterocycles. The van der Waals surface area contributed by atoms with Crippen molar-refractivity contribution in [2.45, 2.75) is 52.4 Å². The molecule has 19 heavy (non-hydrogen) atoms. The standard InChI is InChI=1S/C15H25NO3/c1-15(2)11(12(15)14(18)19)13(17)16-9-5-8-10-6-3-4-7-10/h10-12H,3-9H2,1-2H3,(H,16,17)(H,18,19)/t11-,12+/m1/s1. The van der Waals surface area contributed by atoms with Crippen molar-refractivity contribution in [3.63, 3.8) is 0 Å². The van der Waals surface area contributed by atoms with E-state index in [1.165, 1.54) is 32.1 Å². The van der Waals surface area contributed by atoms with Gasteiger partial charge in [0.15, 0.2) is 0 Å². The summed E-state index contributed by atoms with van der Waals surface area (Å²) in [6.07, 6.45) is 7.59. The maximum absolute atomic E-state index is 12.0. The van der Waals surface area contributed by atoms with E-state index in [0.29, 0.717) is 6.54 Å². The van der Waals surface area contributed by atoms with Crippen LogP contribution in [0, 0.1) is 23.2 Å². The maximum atomic E-state index is 12.0. The molecule has 2 atom stereocenters. The minimum Gasteiger partial charge on any atom is -0.481 e. The monoisotopic (exact) mass is 267 g/mol. The lowest BCUT2D eigenvalue weighted by atomic mass is 10.0. The lowest BCUT2D eigenvalue weighted by Gasteiger charge is -2.09. The maximum Gasteiger partial charge on any atom is 0.307 e. The Hall–Kier alpha value is -1.06. The van der Waals surface area contributed by atoms with Crippen LogP contribution >= 0.6 is 0 Å². The minimum atomic E-state index is -0.851. The fourth-order valence-electron chi connectivity index (χ4n) is 3.60. The predicted octanol–water partition coefficient (Wildman–Crippen LogP) is 2.43. The van der Waals surface area contributed by atoms with Gasteiger partial charge in [-0.05, 0) is 24.2 Å². The molecule has 0 heterocycles. The number of carbonyl (C=O) groups excluding carboxylic acids is 1. The number of rotatable bonds is 6. The smallest absolute Gasteiger partial charge is 0.307 e. The third-order valence-corrected chi connectivity index (χ3v) is 4.94. The molecule has 1 amide bonds. The van der Waals surface area contributed by atoms with Gasteiger partial charge in [-0.15, -0.1) is 0 Å². The lowest BCUT2D eigenvalue weighted by molar-refractivity contribution is -0.140. The highest BCUT2D eigenvalue weighted by Gasteiger charge is 2.65. The van der Waals surface area contributed by atoms with Gasteiger partial charge in [-0.25, -0.2) is 0 Å². The highest BCUT2D eigenvalue weighted by atomic mass is 16.4. The van der Waals surface area contributed by atoms with Gasteiger partial charge in [-0.2, -0.15) is 0 Å². The molecule has 0 spiro atoms. The van der Waals surface area contributed by atoms with E-state index in [-0.39, 0.29) is 17.2 Å². The topological polar surface area (TPSA) is 66.4 Å². The molecule has 0 aromatic rings. The molecule has 0 aromatic heterocycles. The van der Waals surface area contributed by atoms with Crippen LogP contribution in [0.3, 0.4) is 0 Å². The van der Waals surface area contributed by atoms with E-state index in [4.69, 9.17) is 5.11 Å². The van der Waals surface area contributed by atoms with E-state index in [2.05, 4.69) is 5.32 Å². The number of carboxylic acid groups (broad SMARTS) is 1. The van der Waals surface area contributed by atoms with E-state index in [9.17, 15) is 9.59 Å². The Morgan fingerprint density at radius 2 is 1.84 bits per heavy atom. The number of nitrogens with one attached hydrogen (secondary N) is 1. The van der Waals surface area contributed by atoms with Crippen molar-refractivity contribution in [3.05, 3.63) is 0 Å². The van der Waals surface area contributed by atoms with Gasteiger partial charge in [0.1, 0.15) is 0 Å². The molecule has 4 nitrogen and oxygen atoms in total. The molecule has 2 fully saturated rings. The van der Waals surface area contributed by atoms with E-state index in [1.807, 2.05) is 13.8 Å². The number of carbonyl (C=O) groups is 2. The Balaban J connectivity index is 1.66. The van der Waals surface area contributed by atoms with E-state index < -0.39 is 11.9 Å². The molecule has 4 heteroatoms. The molecule has 108 valence electrons. The van der Waals surface area contributed by atoms with Crippen LogP contribution in [0.2, 0.25) is 0 Å². The van der Waals surface area contributed by atoms with Crippen LogP contribution in [-0.4, -0.2) is 23.5 Å². The average Bonchev–Trinajstić information content (AvgIpc) is 2.73. The molecule has 0 aromatic carbocycles. The zero-order chi connectivity index (χ0) is 14.0. The van der Waals surface area contributed by atoms with Crippen molar-refractivity contribution in [2.75, 3.05) is 6.54 Å². The summed E-state index contributed by atoms with van der Waals surface area (Å²) in [7, 11) is 0. The number of hydrogen-bond donors (Lipinski definition) is 2. The molecular formula is C15H25NO3. The van der Waals surface area contributed by atoms with Crippen molar-refractivity contribution in [2.24, 2.45) is 23.2 Å². The molecule has 2 aliphatic rings. The first kappa shape index (κ1) is 14.4. The fourth-order valence-corrected chi connectivity index (χ4v) is 3.60. The van der Waals surface area contributed by atoms with Crippen molar-refractivity contribution < 1.29 is 14.7 Å². The molecule has 2 saturated carbocycles. The predicted molar refractivity (Wildman–Crippen MR) is 72.6 cm³/mol. The van der Waals surface area contributed by atoms with Crippen LogP contribution in [0.1, 0.15) is 52.4 Å². The third kappa shape index (κ3) is 3.10. The second-order valence-corrected chi connectivity index (χ2v) is 6.70. The van der Waals surface area contributed by atoms with Gasteiger partial charge in [-0.3, -0.25) is 9.59 Å². The first-order valence-corrected chi connectivity index (χ1v) is 7.45. The second-order valence-electron chi connectivity index (χ2n) is 6.70. The first-order valence-electron chi connectivity index (χ1n) is 7.45. The van der Waals surface area contributed by atoms with Crippen molar-refractivity contribution in [3.8, 4) is 0 Å². The van der Waals surface area contributed by atoms with E-state index in [1.54, 1.807) is 0 Å². The summed E-state index contributed by atoms with van der Waals surface area (Å²) in [5.41, 5.74) is -0.388. The summed E-state index contributed by atoms with van der Waals surface area (Å²) in [5.74, 6) is -0.945. The Kier molecular flexibility index (Phi) is 4.16. The third-order valence-electron chi connectivity index (χ3n) is 4.94. The number of carboxylic acids is 1. The fraction of sp³-hybridized carbons (Fsp3) is 0.867. The quantitative estimate of drug-likeness (QED) is 0.726. The Morgan fingerprint density at radius 3 is 2.37 bits per heavy atom. The first-order chi connectivity index (χ1) is 8.94. The average molecular weight is 267 g/mol. The van der Waals surface area contributed by atoms with Gasteiger partial charge < -0.3 is 10.4 Å². The lowest BCUT2D eigenvalue weighted by Crippen LogP contribution is -2.28. The zero-order valence-electron chi connectivity index (χ0n) is 11.9. The SMILES string of the molecule is CC1(C)[C@H](C(=O)O)[C@@H]1C(=O)NCCCC1CCCC1. The van der Waals surface area contributed by atoms with Crippen LogP contribution in [0.15, 0.2) is 0 Å². The van der Waals surface area contributed by atoms with Crippen LogP contribution in [0.4, 0.5) is 0 Å². The van der Waals surface area contributed by atoms with Crippen LogP contribution in [0.25, 0.3) is 0 Å². The highest BCUT2D eigenvalue weighted by molar-refractivity contribution is 5.91. The summed E-state index contributed by atoms with van der Waals surface area (Å²) in [4.78, 5) is 23.0. The van der Waals surface area contributed by atoms with E-state index >= 15 is 0 Å². The molecular weight excluding hydrogens is 242 g/mol. The highest BCUT2D eigenvalue weighted by Crippen LogP contribution is 2.58. The Bertz CT molecular complexity index is 358. The summed E-state index contributed by atoms with van der Waals surface area (Å²) in [5, 5.41) is 12.0. The second kappa shape index (κ2) is 5.51. The van der Waals surface area contributed by atoms with Crippen molar-refractivity contribution in [1.29, 1.82) is 0 Å². The molecule has 0 radical (unpaired) electrons. The van der Waals surface area contributed by atoms with Crippen LogP contribution < -0.4 is 5.32 Å². The zero-order valence-corrected chi connectivity index (χ0v) is 11.9. The summed E-state index contributed by atoms with van der Waals surface area (Å²) in [6.45, 7) is 4.40. The Labute approximate surface area is 115 Å². The van der Waals surface area contributed by atoms with Gasteiger partial charge in [0, 0.05) is 6.54 Å². The van der Waals surface area contributed by atoms with E-state index in [0.717, 1.165) is 12.3 Å². The van der Waals surface area contributed by atoms with Crippen molar-refractivity contribution >= 4 is 11.9 Å². The van der Waals surface area contributed by atoms with Crippen molar-refractivity contribution in [1.82, 2.24) is 5.32 Å². The Morgan fingerprint density at radius 1 is 1.21 bits per heavy atom. The number of hydrogen-bond acceptors (Lipinski definition) is 2.